The molecule has 0 amide bonds. The second kappa shape index (κ2) is 8.77. The van der Waals surface area contributed by atoms with Gasteiger partial charge in [-0.3, -0.25) is 0 Å². The van der Waals surface area contributed by atoms with Gasteiger partial charge in [0.2, 0.25) is 0 Å². The molecule has 2 aromatic rings. The Morgan fingerprint density at radius 2 is 1.74 bits per heavy atom. The van der Waals surface area contributed by atoms with Crippen LogP contribution in [0.1, 0.15) is 51.2 Å². The smallest absolute Gasteiger partial charge is 0.283 e. The van der Waals surface area contributed by atoms with E-state index in [1.165, 1.54) is 5.56 Å². The molecule has 1 fully saturated rings. The fraction of sp³-hybridized carbons (Fsp3) is 0.417. The van der Waals surface area contributed by atoms with Crippen LogP contribution in [0.3, 0.4) is 0 Å². The number of hydrogen-bond donors (Lipinski definition) is 1. The quantitative estimate of drug-likeness (QED) is 0.579. The molecule has 1 N–H and O–H groups in total. The summed E-state index contributed by atoms with van der Waals surface area (Å²) in [4.78, 5) is 11.8. The number of hydrogen-bond acceptors (Lipinski definition) is 5. The highest BCUT2D eigenvalue weighted by atomic mass is 35.5. The van der Waals surface area contributed by atoms with Crippen LogP contribution in [0, 0.1) is 0 Å². The number of benzene rings is 2. The van der Waals surface area contributed by atoms with E-state index in [9.17, 15) is 0 Å². The van der Waals surface area contributed by atoms with E-state index >= 15 is 0 Å². The minimum absolute atomic E-state index is 0.124. The fourth-order valence-corrected chi connectivity index (χ4v) is 4.23. The maximum Gasteiger partial charge on any atom is 0.283 e. The van der Waals surface area contributed by atoms with Crippen LogP contribution in [0.25, 0.3) is 0 Å². The molecule has 2 aromatic carbocycles. The highest BCUT2D eigenvalue weighted by Gasteiger charge is 2.43. The van der Waals surface area contributed by atoms with Crippen molar-refractivity contribution in [2.24, 2.45) is 5.16 Å². The summed E-state index contributed by atoms with van der Waals surface area (Å²) in [7, 11) is 0. The third-order valence-corrected chi connectivity index (χ3v) is 6.29. The van der Waals surface area contributed by atoms with E-state index in [-0.39, 0.29) is 11.0 Å². The average Bonchev–Trinajstić information content (AvgIpc) is 3.14. The van der Waals surface area contributed by atoms with Crippen molar-refractivity contribution in [2.75, 3.05) is 18.4 Å². The van der Waals surface area contributed by atoms with Crippen molar-refractivity contribution >= 4 is 40.4 Å². The van der Waals surface area contributed by atoms with E-state index < -0.39 is 0 Å². The van der Waals surface area contributed by atoms with E-state index in [4.69, 9.17) is 33.5 Å². The van der Waals surface area contributed by atoms with E-state index in [0.29, 0.717) is 5.17 Å². The van der Waals surface area contributed by atoms with Crippen LogP contribution >= 0.6 is 23.8 Å². The van der Waals surface area contributed by atoms with Crippen LogP contribution in [0.5, 0.6) is 0 Å². The van der Waals surface area contributed by atoms with Crippen LogP contribution in [0.2, 0.25) is 5.02 Å². The van der Waals surface area contributed by atoms with Gasteiger partial charge in [0.25, 0.3) is 5.17 Å². The molecule has 0 aromatic heterocycles. The second-order valence-corrected chi connectivity index (χ2v) is 10.1. The molecule has 5 nitrogen and oxygen atoms in total. The average molecular weight is 458 g/mol. The van der Waals surface area contributed by atoms with Crippen molar-refractivity contribution < 1.29 is 9.68 Å². The van der Waals surface area contributed by atoms with Crippen LogP contribution in [0.15, 0.2) is 53.7 Å². The van der Waals surface area contributed by atoms with Gasteiger partial charge in [-0.1, -0.05) is 61.8 Å². The Morgan fingerprint density at radius 1 is 1.10 bits per heavy atom. The first-order chi connectivity index (χ1) is 14.7. The first-order valence-corrected chi connectivity index (χ1v) is 11.4. The van der Waals surface area contributed by atoms with Crippen molar-refractivity contribution in [1.29, 1.82) is 0 Å². The van der Waals surface area contributed by atoms with Crippen molar-refractivity contribution in [2.45, 2.75) is 51.0 Å². The highest BCUT2D eigenvalue weighted by molar-refractivity contribution is 7.80. The molecular formula is C24H28ClN3O2S. The third-order valence-electron chi connectivity index (χ3n) is 5.86. The van der Waals surface area contributed by atoms with Crippen LogP contribution in [-0.4, -0.2) is 34.6 Å². The summed E-state index contributed by atoms with van der Waals surface area (Å²) in [5.41, 5.74) is 4.10. The molecule has 0 aliphatic carbocycles. The fourth-order valence-electron chi connectivity index (χ4n) is 3.88. The molecule has 31 heavy (non-hydrogen) atoms. The summed E-state index contributed by atoms with van der Waals surface area (Å²) < 4.78 is 0. The first-order valence-electron chi connectivity index (χ1n) is 10.6. The van der Waals surface area contributed by atoms with Crippen molar-refractivity contribution in [3.05, 3.63) is 64.7 Å². The molecule has 2 aliphatic heterocycles. The van der Waals surface area contributed by atoms with Gasteiger partial charge in [-0.25, -0.2) is 0 Å². The first kappa shape index (κ1) is 22.1. The molecule has 0 bridgehead atoms. The molecular weight excluding hydrogens is 430 g/mol. The molecule has 0 atom stereocenters. The molecule has 2 heterocycles. The number of nitrogens with zero attached hydrogens (tertiary/aromatic N) is 2. The molecule has 2 aliphatic rings. The maximum absolute atomic E-state index is 5.99. The summed E-state index contributed by atoms with van der Waals surface area (Å²) >= 11 is 11.4. The Hall–Kier alpha value is -2.15. The minimum atomic E-state index is -0.257. The maximum atomic E-state index is 5.99. The third kappa shape index (κ3) is 5.37. The van der Waals surface area contributed by atoms with Crippen LogP contribution < -0.4 is 5.32 Å². The number of halogens is 1. The minimum Gasteiger partial charge on any atom is -0.388 e. The van der Waals surface area contributed by atoms with Crippen molar-refractivity contribution in [3.63, 3.8) is 0 Å². The Kier molecular flexibility index (Phi) is 6.24. The van der Waals surface area contributed by atoms with Crippen LogP contribution in [-0.2, 0) is 15.1 Å². The lowest BCUT2D eigenvalue weighted by molar-refractivity contribution is -0.143. The van der Waals surface area contributed by atoms with Crippen molar-refractivity contribution in [3.8, 4) is 0 Å². The van der Waals surface area contributed by atoms with E-state index in [2.05, 4.69) is 43.4 Å². The number of oxime groups is 1. The molecule has 0 unspecified atom stereocenters. The van der Waals surface area contributed by atoms with E-state index in [1.807, 2.05) is 41.5 Å². The monoisotopic (exact) mass is 457 g/mol. The summed E-state index contributed by atoms with van der Waals surface area (Å²) in [6, 6.07) is 16.0. The molecule has 0 saturated carbocycles. The zero-order valence-corrected chi connectivity index (χ0v) is 19.7. The molecule has 7 heteroatoms. The van der Waals surface area contributed by atoms with Gasteiger partial charge in [-0.05, 0) is 53.0 Å². The van der Waals surface area contributed by atoms with Crippen molar-refractivity contribution in [1.82, 2.24) is 5.06 Å². The van der Waals surface area contributed by atoms with Gasteiger partial charge in [-0.2, -0.15) is 0 Å². The summed E-state index contributed by atoms with van der Waals surface area (Å²) in [5, 5.41) is 10.5. The number of hydroxylamine groups is 2. The molecule has 1 saturated heterocycles. The summed E-state index contributed by atoms with van der Waals surface area (Å²) in [6.07, 6.45) is 2.46. The largest absolute Gasteiger partial charge is 0.388 e. The second-order valence-electron chi connectivity index (χ2n) is 9.26. The summed E-state index contributed by atoms with van der Waals surface area (Å²) in [6.45, 7) is 8.06. The normalized spacial score (nSPS) is 18.4. The molecule has 0 radical (unpaired) electrons. The number of anilines is 1. The highest BCUT2D eigenvalue weighted by Crippen LogP contribution is 2.36. The van der Waals surface area contributed by atoms with Gasteiger partial charge in [0.15, 0.2) is 0 Å². The van der Waals surface area contributed by atoms with Gasteiger partial charge in [0.05, 0.1) is 5.71 Å². The Morgan fingerprint density at radius 3 is 2.35 bits per heavy atom. The number of rotatable bonds is 3. The Labute approximate surface area is 194 Å². The lowest BCUT2D eigenvalue weighted by Gasteiger charge is -2.36. The van der Waals surface area contributed by atoms with Gasteiger partial charge < -0.3 is 15.0 Å². The van der Waals surface area contributed by atoms with Gasteiger partial charge in [0, 0.05) is 43.1 Å². The van der Waals surface area contributed by atoms with E-state index in [0.717, 1.165) is 54.3 Å². The number of piperidine rings is 1. The topological polar surface area (TPSA) is 46.1 Å². The molecule has 1 spiro atoms. The number of nitrogens with one attached hydrogen (secondary N) is 1. The predicted molar refractivity (Wildman–Crippen MR) is 130 cm³/mol. The molecule has 4 rings (SSSR count). The Balaban J connectivity index is 1.26. The lowest BCUT2D eigenvalue weighted by Crippen LogP contribution is -2.45. The zero-order chi connectivity index (χ0) is 22.1. The molecule has 164 valence electrons. The van der Waals surface area contributed by atoms with Gasteiger partial charge in [-0.15, -0.1) is 5.06 Å². The van der Waals surface area contributed by atoms with E-state index in [1.54, 1.807) is 0 Å². The number of thiocarbonyl (C=S) groups is 1. The Bertz CT molecular complexity index is 960. The summed E-state index contributed by atoms with van der Waals surface area (Å²) in [5.74, 6) is 0. The standard InChI is InChI=1S/C24H28ClN3O2S/c1-23(2,3)18-6-10-20(11-7-18)26-22(31)29-28-14-12-24(13-15-28)16-21(27-30-24)17-4-8-19(25)9-5-17/h4-11H,12-16H2,1-3H3,(H,26,31). The zero-order valence-electron chi connectivity index (χ0n) is 18.2. The lowest BCUT2D eigenvalue weighted by atomic mass is 9.86. The van der Waals surface area contributed by atoms with Gasteiger partial charge in [0.1, 0.15) is 5.60 Å². The predicted octanol–water partition coefficient (Wildman–Crippen LogP) is 5.93. The van der Waals surface area contributed by atoms with Crippen LogP contribution in [0.4, 0.5) is 5.69 Å². The SMILES string of the molecule is CC(C)(C)c1ccc(NC(=S)ON2CCC3(CC2)CC(c2ccc(Cl)cc2)=NO3)cc1. The van der Waals surface area contributed by atoms with Gasteiger partial charge >= 0.3 is 0 Å².